The van der Waals surface area contributed by atoms with Crippen molar-refractivity contribution in [2.24, 2.45) is 0 Å². The molecule has 2 aromatic rings. The number of rotatable bonds is 6. The molecule has 31 heavy (non-hydrogen) atoms. The van der Waals surface area contributed by atoms with Gasteiger partial charge in [0.2, 0.25) is 0 Å². The number of hydrogen-bond donors (Lipinski definition) is 0. The zero-order valence-electron chi connectivity index (χ0n) is 18.1. The zero-order valence-corrected chi connectivity index (χ0v) is 18.1. The number of ether oxygens (including phenoxy) is 2. The highest BCUT2D eigenvalue weighted by molar-refractivity contribution is 6.35. The molecular formula is C24H27N3O4. The van der Waals surface area contributed by atoms with Crippen LogP contribution in [0.3, 0.4) is 0 Å². The average molecular weight is 421 g/mol. The second-order valence-electron chi connectivity index (χ2n) is 7.79. The van der Waals surface area contributed by atoms with Gasteiger partial charge in [0, 0.05) is 26.2 Å². The highest BCUT2D eigenvalue weighted by Gasteiger charge is 2.42. The van der Waals surface area contributed by atoms with E-state index in [4.69, 9.17) is 9.47 Å². The molecule has 2 amide bonds. The van der Waals surface area contributed by atoms with Gasteiger partial charge in [-0.05, 0) is 42.4 Å². The number of imide groups is 1. The quantitative estimate of drug-likeness (QED) is 0.667. The fourth-order valence-electron chi connectivity index (χ4n) is 3.96. The Balaban J connectivity index is 1.68. The van der Waals surface area contributed by atoms with Gasteiger partial charge < -0.3 is 19.3 Å². The van der Waals surface area contributed by atoms with E-state index in [1.54, 1.807) is 14.2 Å². The number of piperazine rings is 1. The van der Waals surface area contributed by atoms with Gasteiger partial charge in [0.1, 0.15) is 17.2 Å². The summed E-state index contributed by atoms with van der Waals surface area (Å²) in [5.41, 5.74) is 2.56. The van der Waals surface area contributed by atoms with Gasteiger partial charge in [-0.3, -0.25) is 14.5 Å². The molecule has 0 bridgehead atoms. The third kappa shape index (κ3) is 4.14. The van der Waals surface area contributed by atoms with E-state index in [2.05, 4.69) is 11.9 Å². The topological polar surface area (TPSA) is 62.3 Å². The van der Waals surface area contributed by atoms with E-state index in [-0.39, 0.29) is 18.4 Å². The smallest absolute Gasteiger partial charge is 0.278 e. The van der Waals surface area contributed by atoms with E-state index in [9.17, 15) is 9.59 Å². The van der Waals surface area contributed by atoms with Crippen LogP contribution in [-0.4, -0.2) is 74.0 Å². The van der Waals surface area contributed by atoms with E-state index in [0.717, 1.165) is 30.0 Å². The van der Waals surface area contributed by atoms with E-state index in [1.807, 2.05) is 53.4 Å². The summed E-state index contributed by atoms with van der Waals surface area (Å²) in [4.78, 5) is 32.6. The molecular weight excluding hydrogens is 394 g/mol. The van der Waals surface area contributed by atoms with Gasteiger partial charge in [-0.1, -0.05) is 24.3 Å². The molecule has 0 aliphatic carbocycles. The summed E-state index contributed by atoms with van der Waals surface area (Å²) in [5.74, 6) is 0.937. The number of hydrogen-bond acceptors (Lipinski definition) is 6. The van der Waals surface area contributed by atoms with Gasteiger partial charge in [0.15, 0.2) is 0 Å². The minimum absolute atomic E-state index is 0.221. The predicted molar refractivity (Wildman–Crippen MR) is 118 cm³/mol. The molecule has 0 radical (unpaired) electrons. The van der Waals surface area contributed by atoms with E-state index < -0.39 is 0 Å². The monoisotopic (exact) mass is 421 g/mol. The molecule has 2 aliphatic rings. The van der Waals surface area contributed by atoms with Crippen LogP contribution in [0.25, 0.3) is 5.57 Å². The first kappa shape index (κ1) is 20.9. The minimum atomic E-state index is -0.264. The summed E-state index contributed by atoms with van der Waals surface area (Å²) in [6.07, 6.45) is 0. The van der Waals surface area contributed by atoms with E-state index >= 15 is 0 Å². The molecule has 0 unspecified atom stereocenters. The van der Waals surface area contributed by atoms with E-state index in [1.165, 1.54) is 4.90 Å². The largest absolute Gasteiger partial charge is 0.497 e. The maximum Gasteiger partial charge on any atom is 0.278 e. The van der Waals surface area contributed by atoms with Crippen LogP contribution in [0.4, 0.5) is 0 Å². The lowest BCUT2D eigenvalue weighted by molar-refractivity contribution is -0.138. The Hall–Kier alpha value is -3.32. The lowest BCUT2D eigenvalue weighted by Gasteiger charge is -2.34. The molecule has 1 saturated heterocycles. The predicted octanol–water partition coefficient (Wildman–Crippen LogP) is 2.23. The van der Waals surface area contributed by atoms with Crippen LogP contribution < -0.4 is 9.47 Å². The van der Waals surface area contributed by atoms with Crippen molar-refractivity contribution >= 4 is 17.4 Å². The Labute approximate surface area is 182 Å². The molecule has 2 heterocycles. The van der Waals surface area contributed by atoms with Crippen LogP contribution in [0.5, 0.6) is 11.5 Å². The highest BCUT2D eigenvalue weighted by atomic mass is 16.5. The van der Waals surface area contributed by atoms with Crippen molar-refractivity contribution in [1.29, 1.82) is 0 Å². The van der Waals surface area contributed by atoms with Gasteiger partial charge in [0.05, 0.1) is 26.3 Å². The summed E-state index contributed by atoms with van der Waals surface area (Å²) >= 11 is 0. The lowest BCUT2D eigenvalue weighted by atomic mass is 10.0. The van der Waals surface area contributed by atoms with E-state index in [0.29, 0.717) is 30.1 Å². The third-order valence-electron chi connectivity index (χ3n) is 5.84. The van der Waals surface area contributed by atoms with Crippen LogP contribution in [0.2, 0.25) is 0 Å². The first-order valence-electron chi connectivity index (χ1n) is 10.3. The Morgan fingerprint density at radius 2 is 1.32 bits per heavy atom. The molecule has 7 nitrogen and oxygen atoms in total. The second kappa shape index (κ2) is 8.81. The standard InChI is InChI=1S/C24H27N3O4/c1-25-12-14-26(15-13-25)22-21(18-6-10-20(31-3)11-7-18)23(28)27(24(22)29)16-17-4-8-19(30-2)9-5-17/h4-11H,12-16H2,1-3H3. The highest BCUT2D eigenvalue weighted by Crippen LogP contribution is 2.34. The van der Waals surface area contributed by atoms with Gasteiger partial charge in [-0.2, -0.15) is 0 Å². The number of benzene rings is 2. The van der Waals surface area contributed by atoms with Gasteiger partial charge in [-0.25, -0.2) is 0 Å². The van der Waals surface area contributed by atoms with Crippen molar-refractivity contribution in [2.75, 3.05) is 47.4 Å². The Kier molecular flexibility index (Phi) is 5.95. The number of nitrogens with zero attached hydrogens (tertiary/aromatic N) is 3. The van der Waals surface area contributed by atoms with Crippen LogP contribution in [-0.2, 0) is 16.1 Å². The fourth-order valence-corrected chi connectivity index (χ4v) is 3.96. The van der Waals surface area contributed by atoms with Crippen molar-refractivity contribution in [3.05, 3.63) is 65.4 Å². The molecule has 0 aromatic heterocycles. The second-order valence-corrected chi connectivity index (χ2v) is 7.79. The number of carbonyl (C=O) groups is 2. The molecule has 0 atom stereocenters. The molecule has 1 fully saturated rings. The minimum Gasteiger partial charge on any atom is -0.497 e. The molecule has 7 heteroatoms. The summed E-state index contributed by atoms with van der Waals surface area (Å²) in [6, 6.07) is 14.7. The number of likely N-dealkylation sites (N-methyl/N-ethyl adjacent to an activating group) is 1. The first-order valence-corrected chi connectivity index (χ1v) is 10.3. The van der Waals surface area contributed by atoms with Gasteiger partial charge in [0.25, 0.3) is 11.8 Å². The molecule has 0 N–H and O–H groups in total. The van der Waals surface area contributed by atoms with Gasteiger partial charge >= 0.3 is 0 Å². The van der Waals surface area contributed by atoms with Gasteiger partial charge in [-0.15, -0.1) is 0 Å². The summed E-state index contributed by atoms with van der Waals surface area (Å²) in [5, 5.41) is 0. The summed E-state index contributed by atoms with van der Waals surface area (Å²) < 4.78 is 10.5. The third-order valence-corrected chi connectivity index (χ3v) is 5.84. The molecule has 162 valence electrons. The Morgan fingerprint density at radius 1 is 0.774 bits per heavy atom. The SMILES string of the molecule is COc1ccc(CN2C(=O)C(c3ccc(OC)cc3)=C(N3CCN(C)CC3)C2=O)cc1. The summed E-state index contributed by atoms with van der Waals surface area (Å²) in [7, 11) is 5.27. The number of amides is 2. The van der Waals surface area contributed by atoms with Crippen molar-refractivity contribution in [2.45, 2.75) is 6.54 Å². The molecule has 2 aromatic carbocycles. The molecule has 4 rings (SSSR count). The molecule has 2 aliphatic heterocycles. The van der Waals surface area contributed by atoms with Crippen molar-refractivity contribution in [3.8, 4) is 11.5 Å². The lowest BCUT2D eigenvalue weighted by Crippen LogP contribution is -2.46. The van der Waals surface area contributed by atoms with Crippen LogP contribution in [0.15, 0.2) is 54.2 Å². The molecule has 0 spiro atoms. The van der Waals surface area contributed by atoms with Crippen LogP contribution in [0.1, 0.15) is 11.1 Å². The van der Waals surface area contributed by atoms with Crippen molar-refractivity contribution in [3.63, 3.8) is 0 Å². The Morgan fingerprint density at radius 3 is 1.87 bits per heavy atom. The van der Waals surface area contributed by atoms with Crippen molar-refractivity contribution in [1.82, 2.24) is 14.7 Å². The maximum atomic E-state index is 13.5. The maximum absolute atomic E-state index is 13.5. The Bertz CT molecular complexity index is 990. The average Bonchev–Trinajstić information content (AvgIpc) is 3.05. The fraction of sp³-hybridized carbons (Fsp3) is 0.333. The first-order chi connectivity index (χ1) is 15.0. The summed E-state index contributed by atoms with van der Waals surface area (Å²) in [6.45, 7) is 3.33. The van der Waals surface area contributed by atoms with Crippen LogP contribution in [0, 0.1) is 0 Å². The normalized spacial score (nSPS) is 17.5. The zero-order chi connectivity index (χ0) is 22.0. The van der Waals surface area contributed by atoms with Crippen LogP contribution >= 0.6 is 0 Å². The van der Waals surface area contributed by atoms with Crippen molar-refractivity contribution < 1.29 is 19.1 Å². The number of carbonyl (C=O) groups excluding carboxylic acids is 2. The number of methoxy groups -OCH3 is 2. The molecule has 0 saturated carbocycles.